The van der Waals surface area contributed by atoms with Crippen molar-refractivity contribution in [2.75, 3.05) is 34.4 Å². The first-order valence-electron chi connectivity index (χ1n) is 10.5. The summed E-state index contributed by atoms with van der Waals surface area (Å²) in [7, 11) is 1.00. The van der Waals surface area contributed by atoms with E-state index in [1.54, 1.807) is 39.5 Å². The summed E-state index contributed by atoms with van der Waals surface area (Å²) in [6.07, 6.45) is 3.67. The summed E-state index contributed by atoms with van der Waals surface area (Å²) in [5.74, 6) is 0.873. The smallest absolute Gasteiger partial charge is 0.253 e. The predicted molar refractivity (Wildman–Crippen MR) is 124 cm³/mol. The lowest BCUT2D eigenvalue weighted by atomic mass is 10.1. The Kier molecular flexibility index (Phi) is 8.03. The van der Waals surface area contributed by atoms with Gasteiger partial charge in [-0.2, -0.15) is 4.31 Å². The molecule has 7 nitrogen and oxygen atoms in total. The molecule has 32 heavy (non-hydrogen) atoms. The SMILES string of the molecule is COc1ccc(CN(C)C(=O)c2ccc(Cl)c(S(=O)(=O)N3CCCCCC3)c2)cc1OC. The minimum atomic E-state index is -3.77. The molecule has 1 aliphatic heterocycles. The first kappa shape index (κ1) is 24.4. The van der Waals surface area contributed by atoms with Crippen LogP contribution in [-0.4, -0.2) is 57.9 Å². The number of carbonyl (C=O) groups is 1. The average Bonchev–Trinajstić information content (AvgIpc) is 3.09. The third kappa shape index (κ3) is 5.36. The van der Waals surface area contributed by atoms with Crippen LogP contribution in [0.25, 0.3) is 0 Å². The molecule has 2 aromatic carbocycles. The van der Waals surface area contributed by atoms with Gasteiger partial charge in [0.05, 0.1) is 19.2 Å². The summed E-state index contributed by atoms with van der Waals surface area (Å²) in [6, 6.07) is 9.85. The summed E-state index contributed by atoms with van der Waals surface area (Å²) in [6.45, 7) is 1.25. The van der Waals surface area contributed by atoms with Crippen LogP contribution in [0.2, 0.25) is 5.02 Å². The van der Waals surface area contributed by atoms with Gasteiger partial charge in [-0.05, 0) is 48.7 Å². The molecule has 1 aliphatic rings. The van der Waals surface area contributed by atoms with Crippen molar-refractivity contribution in [3.63, 3.8) is 0 Å². The minimum Gasteiger partial charge on any atom is -0.493 e. The van der Waals surface area contributed by atoms with Crippen LogP contribution in [0.4, 0.5) is 0 Å². The number of halogens is 1. The number of hydrogen-bond acceptors (Lipinski definition) is 5. The third-order valence-corrected chi connectivity index (χ3v) is 7.96. The molecule has 3 rings (SSSR count). The van der Waals surface area contributed by atoms with E-state index in [1.165, 1.54) is 21.3 Å². The molecule has 9 heteroatoms. The Hall–Kier alpha value is -2.29. The number of methoxy groups -OCH3 is 2. The Labute approximate surface area is 194 Å². The van der Waals surface area contributed by atoms with Gasteiger partial charge in [0.2, 0.25) is 10.0 Å². The number of carbonyl (C=O) groups excluding carboxylic acids is 1. The highest BCUT2D eigenvalue weighted by Gasteiger charge is 2.28. The Morgan fingerprint density at radius 2 is 1.66 bits per heavy atom. The second-order valence-electron chi connectivity index (χ2n) is 7.81. The molecular weight excluding hydrogens is 452 g/mol. The first-order chi connectivity index (χ1) is 15.3. The quantitative estimate of drug-likeness (QED) is 0.593. The maximum Gasteiger partial charge on any atom is 0.253 e. The molecule has 0 aromatic heterocycles. The maximum atomic E-state index is 13.2. The van der Waals surface area contributed by atoms with E-state index in [1.807, 2.05) is 6.07 Å². The second kappa shape index (κ2) is 10.6. The van der Waals surface area contributed by atoms with Crippen molar-refractivity contribution in [2.24, 2.45) is 0 Å². The number of ether oxygens (including phenoxy) is 2. The normalized spacial score (nSPS) is 15.1. The molecule has 2 aromatic rings. The van der Waals surface area contributed by atoms with Gasteiger partial charge >= 0.3 is 0 Å². The minimum absolute atomic E-state index is 0.0218. The standard InChI is InChI=1S/C23H29ClN2O5S/c1-25(16-17-8-11-20(30-2)21(14-17)31-3)23(27)18-9-10-19(24)22(15-18)32(28,29)26-12-6-4-5-7-13-26/h8-11,14-15H,4-7,12-13,16H2,1-3H3. The van der Waals surface area contributed by atoms with Gasteiger partial charge in [0.1, 0.15) is 4.90 Å². The summed E-state index contributed by atoms with van der Waals surface area (Å²) in [5.41, 5.74) is 1.12. The number of sulfonamides is 1. The Morgan fingerprint density at radius 1 is 1.00 bits per heavy atom. The topological polar surface area (TPSA) is 76.2 Å². The van der Waals surface area contributed by atoms with Crippen LogP contribution in [-0.2, 0) is 16.6 Å². The first-order valence-corrected chi connectivity index (χ1v) is 12.4. The van der Waals surface area contributed by atoms with Gasteiger partial charge in [0, 0.05) is 32.2 Å². The van der Waals surface area contributed by atoms with Crippen molar-refractivity contribution in [1.29, 1.82) is 0 Å². The summed E-state index contributed by atoms with van der Waals surface area (Å²) >= 11 is 6.26. The van der Waals surface area contributed by atoms with E-state index >= 15 is 0 Å². The fourth-order valence-electron chi connectivity index (χ4n) is 3.80. The molecule has 0 aliphatic carbocycles. The van der Waals surface area contributed by atoms with Gasteiger partial charge in [-0.15, -0.1) is 0 Å². The van der Waals surface area contributed by atoms with Gasteiger partial charge in [0.25, 0.3) is 5.91 Å². The fraction of sp³-hybridized carbons (Fsp3) is 0.435. The summed E-state index contributed by atoms with van der Waals surface area (Å²) in [4.78, 5) is 14.6. The number of hydrogen-bond donors (Lipinski definition) is 0. The van der Waals surface area contributed by atoms with Crippen LogP contribution in [0.5, 0.6) is 11.5 Å². The lowest BCUT2D eigenvalue weighted by molar-refractivity contribution is 0.0784. The molecule has 0 spiro atoms. The molecular formula is C23H29ClN2O5S. The predicted octanol–water partition coefficient (Wildman–Crippen LogP) is 4.19. The second-order valence-corrected chi connectivity index (χ2v) is 10.1. The zero-order valence-electron chi connectivity index (χ0n) is 18.6. The van der Waals surface area contributed by atoms with Gasteiger partial charge in [-0.25, -0.2) is 8.42 Å². The van der Waals surface area contributed by atoms with Crippen LogP contribution >= 0.6 is 11.6 Å². The Morgan fingerprint density at radius 3 is 2.28 bits per heavy atom. The summed E-state index contributed by atoms with van der Waals surface area (Å²) < 4.78 is 38.5. The van der Waals surface area contributed by atoms with Crippen molar-refractivity contribution >= 4 is 27.5 Å². The van der Waals surface area contributed by atoms with Gasteiger partial charge in [-0.1, -0.05) is 30.5 Å². The van der Waals surface area contributed by atoms with E-state index in [9.17, 15) is 13.2 Å². The van der Waals surface area contributed by atoms with Crippen molar-refractivity contribution in [3.05, 3.63) is 52.5 Å². The lowest BCUT2D eigenvalue weighted by Crippen LogP contribution is -2.32. The van der Waals surface area contributed by atoms with Crippen LogP contribution in [0.3, 0.4) is 0 Å². The van der Waals surface area contributed by atoms with E-state index in [-0.39, 0.29) is 21.4 Å². The molecule has 1 fully saturated rings. The molecule has 0 saturated carbocycles. The highest BCUT2D eigenvalue weighted by Crippen LogP contribution is 2.30. The molecule has 1 saturated heterocycles. The number of benzene rings is 2. The number of amides is 1. The summed E-state index contributed by atoms with van der Waals surface area (Å²) in [5, 5.41) is 0.119. The van der Waals surface area contributed by atoms with Gasteiger partial charge < -0.3 is 14.4 Å². The highest BCUT2D eigenvalue weighted by molar-refractivity contribution is 7.89. The molecule has 0 radical (unpaired) electrons. The Balaban J connectivity index is 1.83. The van der Waals surface area contributed by atoms with Crippen LogP contribution in [0.1, 0.15) is 41.6 Å². The van der Waals surface area contributed by atoms with Crippen molar-refractivity contribution in [1.82, 2.24) is 9.21 Å². The highest BCUT2D eigenvalue weighted by atomic mass is 35.5. The van der Waals surface area contributed by atoms with Crippen molar-refractivity contribution in [3.8, 4) is 11.5 Å². The van der Waals surface area contributed by atoms with Gasteiger partial charge in [0.15, 0.2) is 11.5 Å². The van der Waals surface area contributed by atoms with Crippen molar-refractivity contribution in [2.45, 2.75) is 37.1 Å². The van der Waals surface area contributed by atoms with Crippen LogP contribution < -0.4 is 9.47 Å². The van der Waals surface area contributed by atoms with Crippen LogP contribution in [0, 0.1) is 0 Å². The zero-order valence-corrected chi connectivity index (χ0v) is 20.2. The lowest BCUT2D eigenvalue weighted by Gasteiger charge is -2.22. The van der Waals surface area contributed by atoms with Crippen molar-refractivity contribution < 1.29 is 22.7 Å². The van der Waals surface area contributed by atoms with E-state index in [4.69, 9.17) is 21.1 Å². The van der Waals surface area contributed by atoms with E-state index in [0.29, 0.717) is 31.1 Å². The number of rotatable bonds is 7. The van der Waals surface area contributed by atoms with E-state index in [2.05, 4.69) is 0 Å². The molecule has 0 atom stereocenters. The molecule has 0 bridgehead atoms. The third-order valence-electron chi connectivity index (χ3n) is 5.58. The maximum absolute atomic E-state index is 13.2. The van der Waals surface area contributed by atoms with Crippen LogP contribution in [0.15, 0.2) is 41.3 Å². The molecule has 1 amide bonds. The molecule has 0 unspecified atom stereocenters. The molecule has 0 N–H and O–H groups in total. The molecule has 174 valence electrons. The fourth-order valence-corrected chi connectivity index (χ4v) is 5.82. The Bertz CT molecular complexity index is 1070. The largest absolute Gasteiger partial charge is 0.493 e. The monoisotopic (exact) mass is 480 g/mol. The zero-order chi connectivity index (χ0) is 23.3. The van der Waals surface area contributed by atoms with Gasteiger partial charge in [-0.3, -0.25) is 4.79 Å². The van der Waals surface area contributed by atoms with E-state index < -0.39 is 10.0 Å². The average molecular weight is 481 g/mol. The van der Waals surface area contributed by atoms with E-state index in [0.717, 1.165) is 31.2 Å². The molecule has 1 heterocycles. The number of nitrogens with zero attached hydrogens (tertiary/aromatic N) is 2.